The van der Waals surface area contributed by atoms with Crippen molar-refractivity contribution >= 4 is 65.5 Å². The molecule has 13 heteroatoms. The van der Waals surface area contributed by atoms with E-state index in [9.17, 15) is 22.8 Å². The van der Waals surface area contributed by atoms with Gasteiger partial charge in [0, 0.05) is 11.9 Å². The molecule has 1 aliphatic rings. The summed E-state index contributed by atoms with van der Waals surface area (Å²) >= 11 is 2.50. The first-order valence-corrected chi connectivity index (χ1v) is 15.5. The number of thiophene rings is 1. The number of nitrogens with one attached hydrogen (secondary N) is 1. The van der Waals surface area contributed by atoms with Gasteiger partial charge in [0.25, 0.3) is 5.91 Å². The maximum Gasteiger partial charge on any atom is 0.341 e. The zero-order chi connectivity index (χ0) is 27.6. The quantitative estimate of drug-likeness (QED) is 0.406. The van der Waals surface area contributed by atoms with E-state index >= 15 is 0 Å². The van der Waals surface area contributed by atoms with Gasteiger partial charge in [-0.05, 0) is 55.9 Å². The van der Waals surface area contributed by atoms with E-state index in [2.05, 4.69) is 17.2 Å². The van der Waals surface area contributed by atoms with Gasteiger partial charge >= 0.3 is 5.97 Å². The number of ether oxygens (including phenoxy) is 2. The fourth-order valence-electron chi connectivity index (χ4n) is 4.37. The number of aryl methyl sites for hydroxylation is 1. The maximum atomic E-state index is 12.7. The number of nitrogens with zero attached hydrogens (tertiary/aromatic N) is 2. The fraction of sp³-hybridized carbons (Fsp3) is 0.440. The lowest BCUT2D eigenvalue weighted by Gasteiger charge is -2.18. The average Bonchev–Trinajstić information content (AvgIpc) is 3.33. The Bertz CT molecular complexity index is 1580. The molecule has 0 spiro atoms. The van der Waals surface area contributed by atoms with Crippen molar-refractivity contribution in [3.05, 3.63) is 39.0 Å². The van der Waals surface area contributed by atoms with Crippen LogP contribution in [0.25, 0.3) is 10.2 Å². The smallest absolute Gasteiger partial charge is 0.341 e. The van der Waals surface area contributed by atoms with Crippen molar-refractivity contribution < 1.29 is 32.3 Å². The molecule has 0 radical (unpaired) electrons. The molecule has 2 heterocycles. The standard InChI is InChI=1S/C25H29N3O7S3/c1-5-35-15-7-9-17-19(11-15)37-25(28(17)3)27-21(30)13-38(32,33)12-20(29)26-23-22(24(31)34-4)16-8-6-14(2)10-18(16)36-23/h7,9,11,14H,5-6,8,10,12-13H2,1-4H3,(H,26,29). The van der Waals surface area contributed by atoms with Crippen LogP contribution in [0.3, 0.4) is 0 Å². The number of benzene rings is 1. The van der Waals surface area contributed by atoms with Crippen LogP contribution in [0.2, 0.25) is 0 Å². The highest BCUT2D eigenvalue weighted by molar-refractivity contribution is 7.92. The lowest BCUT2D eigenvalue weighted by Crippen LogP contribution is -2.28. The van der Waals surface area contributed by atoms with Gasteiger partial charge in [-0.1, -0.05) is 18.3 Å². The molecular weight excluding hydrogens is 550 g/mol. The monoisotopic (exact) mass is 579 g/mol. The number of amides is 2. The Labute approximate surface area is 228 Å². The number of hydrogen-bond donors (Lipinski definition) is 1. The van der Waals surface area contributed by atoms with Crippen LogP contribution in [0.5, 0.6) is 5.75 Å². The molecule has 0 fully saturated rings. The topological polar surface area (TPSA) is 133 Å². The van der Waals surface area contributed by atoms with Crippen molar-refractivity contribution in [2.75, 3.05) is 30.5 Å². The lowest BCUT2D eigenvalue weighted by molar-refractivity contribution is -0.115. The van der Waals surface area contributed by atoms with E-state index in [4.69, 9.17) is 9.47 Å². The number of aromatic nitrogens is 1. The van der Waals surface area contributed by atoms with E-state index in [0.717, 1.165) is 33.5 Å². The van der Waals surface area contributed by atoms with Crippen LogP contribution in [0.15, 0.2) is 23.2 Å². The van der Waals surface area contributed by atoms with E-state index in [1.807, 2.05) is 25.1 Å². The number of anilines is 1. The molecule has 204 valence electrons. The Morgan fingerprint density at radius 2 is 1.97 bits per heavy atom. The third kappa shape index (κ3) is 6.16. The van der Waals surface area contributed by atoms with Gasteiger partial charge in [-0.25, -0.2) is 13.2 Å². The van der Waals surface area contributed by atoms with Crippen molar-refractivity contribution in [1.82, 2.24) is 4.57 Å². The molecule has 3 aromatic rings. The predicted molar refractivity (Wildman–Crippen MR) is 147 cm³/mol. The normalized spacial score (nSPS) is 15.8. The number of rotatable bonds is 8. The lowest BCUT2D eigenvalue weighted by atomic mass is 9.88. The number of carbonyl (C=O) groups excluding carboxylic acids is 3. The summed E-state index contributed by atoms with van der Waals surface area (Å²) < 4.78 is 38.3. The van der Waals surface area contributed by atoms with E-state index in [-0.39, 0.29) is 10.6 Å². The number of carbonyl (C=O) groups is 3. The molecule has 0 aliphatic heterocycles. The zero-order valence-corrected chi connectivity index (χ0v) is 24.0. The minimum Gasteiger partial charge on any atom is -0.494 e. The van der Waals surface area contributed by atoms with E-state index < -0.39 is 39.1 Å². The average molecular weight is 580 g/mol. The van der Waals surface area contributed by atoms with Gasteiger partial charge < -0.3 is 19.4 Å². The molecule has 10 nitrogen and oxygen atoms in total. The second-order valence-corrected chi connectivity index (χ2v) is 13.3. The number of thiazole rings is 1. The molecule has 1 unspecified atom stereocenters. The Hall–Kier alpha value is -3.03. The van der Waals surface area contributed by atoms with Crippen molar-refractivity contribution in [3.63, 3.8) is 0 Å². The first kappa shape index (κ1) is 28.0. The summed E-state index contributed by atoms with van der Waals surface area (Å²) in [6.45, 7) is 4.51. The van der Waals surface area contributed by atoms with Gasteiger partial charge in [0.05, 0.1) is 29.5 Å². The minimum absolute atomic E-state index is 0.274. The Morgan fingerprint density at radius 3 is 2.68 bits per heavy atom. The van der Waals surface area contributed by atoms with Crippen LogP contribution >= 0.6 is 22.7 Å². The summed E-state index contributed by atoms with van der Waals surface area (Å²) in [5, 5.41) is 2.84. The number of sulfone groups is 1. The van der Waals surface area contributed by atoms with Gasteiger partial charge in [0.2, 0.25) is 5.91 Å². The number of hydrogen-bond acceptors (Lipinski definition) is 9. The van der Waals surface area contributed by atoms with Crippen LogP contribution < -0.4 is 14.9 Å². The largest absolute Gasteiger partial charge is 0.494 e. The summed E-state index contributed by atoms with van der Waals surface area (Å²) in [6.07, 6.45) is 2.37. The SMILES string of the molecule is CCOc1ccc2c(c1)sc(=NC(=O)CS(=O)(=O)CC(=O)Nc1sc3c(c1C(=O)OC)CCC(C)C3)n2C. The Morgan fingerprint density at radius 1 is 1.21 bits per heavy atom. The molecule has 2 aromatic heterocycles. The second-order valence-electron chi connectivity index (χ2n) is 9.14. The molecule has 2 amide bonds. The molecule has 1 aromatic carbocycles. The third-order valence-electron chi connectivity index (χ3n) is 6.16. The maximum absolute atomic E-state index is 12.7. The first-order valence-electron chi connectivity index (χ1n) is 12.0. The van der Waals surface area contributed by atoms with Gasteiger partial charge in [0.1, 0.15) is 22.3 Å². The Kier molecular flexibility index (Phi) is 8.38. The highest BCUT2D eigenvalue weighted by atomic mass is 32.2. The van der Waals surface area contributed by atoms with E-state index in [0.29, 0.717) is 29.5 Å². The first-order chi connectivity index (χ1) is 18.0. The number of esters is 1. The molecule has 1 N–H and O–H groups in total. The van der Waals surface area contributed by atoms with E-state index in [1.54, 1.807) is 11.6 Å². The van der Waals surface area contributed by atoms with E-state index in [1.165, 1.54) is 29.8 Å². The van der Waals surface area contributed by atoms with Crippen LogP contribution in [0.4, 0.5) is 5.00 Å². The highest BCUT2D eigenvalue weighted by Crippen LogP contribution is 2.40. The summed E-state index contributed by atoms with van der Waals surface area (Å²) in [7, 11) is -1.13. The molecule has 4 rings (SSSR count). The van der Waals surface area contributed by atoms with Gasteiger partial charge in [0.15, 0.2) is 14.6 Å². The molecule has 1 aliphatic carbocycles. The summed E-state index contributed by atoms with van der Waals surface area (Å²) in [4.78, 5) is 42.9. The Balaban J connectivity index is 1.48. The van der Waals surface area contributed by atoms with Crippen molar-refractivity contribution in [2.24, 2.45) is 18.0 Å². The number of fused-ring (bicyclic) bond motifs is 2. The van der Waals surface area contributed by atoms with Gasteiger partial charge in [-0.2, -0.15) is 4.99 Å². The number of methoxy groups -OCH3 is 1. The fourth-order valence-corrected chi connectivity index (χ4v) is 7.87. The minimum atomic E-state index is -4.12. The molecule has 0 bridgehead atoms. The van der Waals surface area contributed by atoms with Crippen molar-refractivity contribution in [3.8, 4) is 5.75 Å². The summed E-state index contributed by atoms with van der Waals surface area (Å²) in [5.74, 6) is -2.98. The molecule has 0 saturated heterocycles. The molecule has 1 atom stereocenters. The molecular formula is C25H29N3O7S3. The van der Waals surface area contributed by atoms with Crippen LogP contribution in [0.1, 0.15) is 41.1 Å². The summed E-state index contributed by atoms with van der Waals surface area (Å²) in [6, 6.07) is 5.48. The van der Waals surface area contributed by atoms with Crippen LogP contribution in [0, 0.1) is 5.92 Å². The zero-order valence-electron chi connectivity index (χ0n) is 21.5. The predicted octanol–water partition coefficient (Wildman–Crippen LogP) is 3.09. The van der Waals surface area contributed by atoms with Crippen LogP contribution in [-0.4, -0.2) is 56.0 Å². The summed E-state index contributed by atoms with van der Waals surface area (Å²) in [5.41, 5.74) is 1.94. The van der Waals surface area contributed by atoms with Crippen molar-refractivity contribution in [1.29, 1.82) is 0 Å². The highest BCUT2D eigenvalue weighted by Gasteiger charge is 2.30. The molecule has 0 saturated carbocycles. The molecule has 38 heavy (non-hydrogen) atoms. The van der Waals surface area contributed by atoms with Crippen molar-refractivity contribution in [2.45, 2.75) is 33.1 Å². The second kappa shape index (κ2) is 11.4. The van der Waals surface area contributed by atoms with Gasteiger partial charge in [-0.3, -0.25) is 9.59 Å². The van der Waals surface area contributed by atoms with Gasteiger partial charge in [-0.15, -0.1) is 11.3 Å². The third-order valence-corrected chi connectivity index (χ3v) is 9.81. The van der Waals surface area contributed by atoms with Crippen LogP contribution in [-0.2, 0) is 44.1 Å².